The molecule has 1 rings (SSSR count). The van der Waals surface area contributed by atoms with Crippen LogP contribution >= 0.6 is 0 Å². The van der Waals surface area contributed by atoms with Crippen LogP contribution < -0.4 is 15.8 Å². The summed E-state index contributed by atoms with van der Waals surface area (Å²) in [7, 11) is 0. The highest BCUT2D eigenvalue weighted by Gasteiger charge is 2.04. The first-order valence-corrected chi connectivity index (χ1v) is 5.08. The standard InChI is InChI=1S/C11H15FN2O2/c1-2-14-11(15)5-6-16-10-7-8(12)3-4-9(10)13/h3-4,7H,2,5-6,13H2,1H3,(H,14,15). The number of nitrogens with one attached hydrogen (secondary N) is 1. The van der Waals surface area contributed by atoms with Crippen molar-refractivity contribution in [3.63, 3.8) is 0 Å². The molecule has 0 atom stereocenters. The first-order chi connectivity index (χ1) is 7.63. The van der Waals surface area contributed by atoms with E-state index >= 15 is 0 Å². The van der Waals surface area contributed by atoms with E-state index in [1.54, 1.807) is 0 Å². The molecule has 0 spiro atoms. The fraction of sp³-hybridized carbons (Fsp3) is 0.364. The first-order valence-electron chi connectivity index (χ1n) is 5.08. The molecule has 88 valence electrons. The SMILES string of the molecule is CCNC(=O)CCOc1cc(F)ccc1N. The lowest BCUT2D eigenvalue weighted by molar-refractivity contribution is -0.121. The maximum atomic E-state index is 12.8. The summed E-state index contributed by atoms with van der Waals surface area (Å²) in [5.41, 5.74) is 5.93. The van der Waals surface area contributed by atoms with Crippen molar-refractivity contribution >= 4 is 11.6 Å². The normalized spacial score (nSPS) is 9.88. The van der Waals surface area contributed by atoms with Crippen LogP contribution in [0, 0.1) is 5.82 Å². The monoisotopic (exact) mass is 226 g/mol. The molecule has 5 heteroatoms. The Balaban J connectivity index is 2.42. The highest BCUT2D eigenvalue weighted by atomic mass is 19.1. The largest absolute Gasteiger partial charge is 0.491 e. The highest BCUT2D eigenvalue weighted by molar-refractivity contribution is 5.75. The molecular formula is C11H15FN2O2. The van der Waals surface area contributed by atoms with E-state index in [1.807, 2.05) is 6.92 Å². The zero-order valence-corrected chi connectivity index (χ0v) is 9.13. The summed E-state index contributed by atoms with van der Waals surface area (Å²) < 4.78 is 18.0. The summed E-state index contributed by atoms with van der Waals surface area (Å²) in [6.45, 7) is 2.60. The van der Waals surface area contributed by atoms with Crippen LogP contribution in [0.1, 0.15) is 13.3 Å². The number of nitrogens with two attached hydrogens (primary N) is 1. The Morgan fingerprint density at radius 1 is 1.56 bits per heavy atom. The lowest BCUT2D eigenvalue weighted by Gasteiger charge is -2.08. The minimum Gasteiger partial charge on any atom is -0.491 e. The Morgan fingerprint density at radius 2 is 2.31 bits per heavy atom. The van der Waals surface area contributed by atoms with Gasteiger partial charge in [-0.05, 0) is 19.1 Å². The molecule has 0 aliphatic rings. The summed E-state index contributed by atoms with van der Waals surface area (Å²) >= 11 is 0. The van der Waals surface area contributed by atoms with Crippen LogP contribution in [0.2, 0.25) is 0 Å². The van der Waals surface area contributed by atoms with Gasteiger partial charge in [-0.25, -0.2) is 4.39 Å². The van der Waals surface area contributed by atoms with E-state index in [1.165, 1.54) is 18.2 Å². The van der Waals surface area contributed by atoms with Gasteiger partial charge in [-0.1, -0.05) is 0 Å². The second kappa shape index (κ2) is 5.95. The number of carbonyl (C=O) groups excluding carboxylic acids is 1. The molecule has 0 saturated heterocycles. The molecule has 16 heavy (non-hydrogen) atoms. The van der Waals surface area contributed by atoms with Crippen molar-refractivity contribution in [3.05, 3.63) is 24.0 Å². The van der Waals surface area contributed by atoms with Crippen molar-refractivity contribution in [2.24, 2.45) is 0 Å². The molecule has 0 saturated carbocycles. The number of benzene rings is 1. The summed E-state index contributed by atoms with van der Waals surface area (Å²) in [4.78, 5) is 11.1. The van der Waals surface area contributed by atoms with Crippen LogP contribution in [0.25, 0.3) is 0 Å². The number of halogens is 1. The number of ether oxygens (including phenoxy) is 1. The van der Waals surface area contributed by atoms with E-state index in [9.17, 15) is 9.18 Å². The van der Waals surface area contributed by atoms with E-state index in [2.05, 4.69) is 5.32 Å². The van der Waals surface area contributed by atoms with Gasteiger partial charge in [0, 0.05) is 12.6 Å². The average molecular weight is 226 g/mol. The molecule has 1 aromatic carbocycles. The van der Waals surface area contributed by atoms with Crippen LogP contribution in [0.4, 0.5) is 10.1 Å². The molecule has 0 heterocycles. The maximum absolute atomic E-state index is 12.8. The Labute approximate surface area is 93.6 Å². The molecule has 0 aliphatic carbocycles. The summed E-state index contributed by atoms with van der Waals surface area (Å²) in [5, 5.41) is 2.63. The fourth-order valence-corrected chi connectivity index (χ4v) is 1.17. The van der Waals surface area contributed by atoms with Gasteiger partial charge >= 0.3 is 0 Å². The van der Waals surface area contributed by atoms with Crippen LogP contribution in [0.5, 0.6) is 5.75 Å². The van der Waals surface area contributed by atoms with Gasteiger partial charge in [-0.15, -0.1) is 0 Å². The molecule has 0 unspecified atom stereocenters. The topological polar surface area (TPSA) is 64.3 Å². The molecule has 1 amide bonds. The van der Waals surface area contributed by atoms with E-state index < -0.39 is 5.82 Å². The van der Waals surface area contributed by atoms with Gasteiger partial charge in [0.1, 0.15) is 11.6 Å². The molecule has 0 radical (unpaired) electrons. The molecule has 4 nitrogen and oxygen atoms in total. The zero-order chi connectivity index (χ0) is 12.0. The molecular weight excluding hydrogens is 211 g/mol. The quantitative estimate of drug-likeness (QED) is 0.744. The van der Waals surface area contributed by atoms with Crippen molar-refractivity contribution in [1.29, 1.82) is 0 Å². The van der Waals surface area contributed by atoms with Gasteiger partial charge in [0.2, 0.25) is 5.91 Å². The average Bonchev–Trinajstić information content (AvgIpc) is 2.23. The molecule has 1 aromatic rings. The molecule has 0 bridgehead atoms. The van der Waals surface area contributed by atoms with Gasteiger partial charge in [0.25, 0.3) is 0 Å². The van der Waals surface area contributed by atoms with E-state index in [-0.39, 0.29) is 24.7 Å². The van der Waals surface area contributed by atoms with Crippen molar-refractivity contribution in [1.82, 2.24) is 5.32 Å². The zero-order valence-electron chi connectivity index (χ0n) is 9.13. The van der Waals surface area contributed by atoms with Crippen molar-refractivity contribution in [2.45, 2.75) is 13.3 Å². The summed E-state index contributed by atoms with van der Waals surface area (Å²) in [5.74, 6) is -0.246. The molecule has 0 aliphatic heterocycles. The molecule has 0 fully saturated rings. The predicted molar refractivity (Wildman–Crippen MR) is 59.6 cm³/mol. The Morgan fingerprint density at radius 3 is 3.00 bits per heavy atom. The third-order valence-corrected chi connectivity index (χ3v) is 1.94. The third kappa shape index (κ3) is 3.76. The number of nitrogen functional groups attached to an aromatic ring is 1. The number of anilines is 1. The van der Waals surface area contributed by atoms with Gasteiger partial charge in [-0.2, -0.15) is 0 Å². The number of carbonyl (C=O) groups is 1. The molecule has 3 N–H and O–H groups in total. The first kappa shape index (κ1) is 12.3. The Kier molecular flexibility index (Phi) is 4.57. The van der Waals surface area contributed by atoms with E-state index in [0.29, 0.717) is 12.2 Å². The summed E-state index contributed by atoms with van der Waals surface area (Å²) in [6, 6.07) is 3.88. The third-order valence-electron chi connectivity index (χ3n) is 1.94. The second-order valence-corrected chi connectivity index (χ2v) is 3.23. The van der Waals surface area contributed by atoms with Crippen molar-refractivity contribution in [3.8, 4) is 5.75 Å². The Hall–Kier alpha value is -1.78. The maximum Gasteiger partial charge on any atom is 0.223 e. The number of rotatable bonds is 5. The van der Waals surface area contributed by atoms with Crippen LogP contribution in [0.3, 0.4) is 0 Å². The smallest absolute Gasteiger partial charge is 0.223 e. The van der Waals surface area contributed by atoms with Gasteiger partial charge < -0.3 is 15.8 Å². The van der Waals surface area contributed by atoms with Gasteiger partial charge in [-0.3, -0.25) is 4.79 Å². The van der Waals surface area contributed by atoms with Gasteiger partial charge in [0.15, 0.2) is 0 Å². The number of hydrogen-bond acceptors (Lipinski definition) is 3. The predicted octanol–water partition coefficient (Wildman–Crippen LogP) is 1.31. The second-order valence-electron chi connectivity index (χ2n) is 3.23. The number of hydrogen-bond donors (Lipinski definition) is 2. The lowest BCUT2D eigenvalue weighted by atomic mass is 10.3. The van der Waals surface area contributed by atoms with Gasteiger partial charge in [0.05, 0.1) is 18.7 Å². The lowest BCUT2D eigenvalue weighted by Crippen LogP contribution is -2.24. The fourth-order valence-electron chi connectivity index (χ4n) is 1.17. The summed E-state index contributed by atoms with van der Waals surface area (Å²) in [6.07, 6.45) is 0.226. The van der Waals surface area contributed by atoms with Crippen LogP contribution in [-0.4, -0.2) is 19.1 Å². The van der Waals surface area contributed by atoms with E-state index in [4.69, 9.17) is 10.5 Å². The van der Waals surface area contributed by atoms with Crippen molar-refractivity contribution < 1.29 is 13.9 Å². The van der Waals surface area contributed by atoms with Crippen molar-refractivity contribution in [2.75, 3.05) is 18.9 Å². The number of amides is 1. The molecule has 0 aromatic heterocycles. The minimum absolute atomic E-state index is 0.0996. The minimum atomic E-state index is -0.415. The van der Waals surface area contributed by atoms with Crippen LogP contribution in [-0.2, 0) is 4.79 Å². The highest BCUT2D eigenvalue weighted by Crippen LogP contribution is 2.21. The van der Waals surface area contributed by atoms with Crippen LogP contribution in [0.15, 0.2) is 18.2 Å². The Bertz CT molecular complexity index is 369. The van der Waals surface area contributed by atoms with E-state index in [0.717, 1.165) is 0 Å².